The van der Waals surface area contributed by atoms with Crippen molar-refractivity contribution in [2.45, 2.75) is 33.0 Å². The maximum absolute atomic E-state index is 10.7. The number of aliphatic hydroxyl groups excluding tert-OH is 4. The van der Waals surface area contributed by atoms with Crippen molar-refractivity contribution in [1.29, 1.82) is 0 Å². The minimum absolute atomic E-state index is 0.0185. The number of amides is 2. The van der Waals surface area contributed by atoms with Crippen LogP contribution >= 0.6 is 0 Å². The van der Waals surface area contributed by atoms with E-state index < -0.39 is 6.10 Å². The smallest absolute Gasteiger partial charge is 0.318 e. The molecule has 0 bridgehead atoms. The number of carbonyl (C=O) groups is 1. The van der Waals surface area contributed by atoms with Gasteiger partial charge in [-0.3, -0.25) is 0 Å². The third kappa shape index (κ3) is 47.1. The molecule has 0 spiro atoms. The van der Waals surface area contributed by atoms with Gasteiger partial charge in [-0.15, -0.1) is 0 Å². The standard InChI is InChI=1S/C5H12N2O.C3H8O2.C3H8O.CH4O/c1-6(2)5(8)7(3)4;1-3(5)2-4;1-3(2)4;1-2/h1-4H3;3-5H,2H2,1H3;3-4H,1-2H3;2H,1H3. The number of nitrogens with zero attached hydrogens (tertiary/aromatic N) is 2. The van der Waals surface area contributed by atoms with Crippen LogP contribution in [0.4, 0.5) is 4.79 Å². The maximum Gasteiger partial charge on any atom is 0.318 e. The first-order chi connectivity index (χ1) is 8.56. The molecule has 0 rings (SSSR count). The fourth-order valence-corrected chi connectivity index (χ4v) is 0.400. The summed E-state index contributed by atoms with van der Waals surface area (Å²) >= 11 is 0. The Balaban J connectivity index is -0.0000000886. The van der Waals surface area contributed by atoms with E-state index in [1.165, 1.54) is 16.7 Å². The van der Waals surface area contributed by atoms with Crippen LogP contribution in [0.25, 0.3) is 0 Å². The minimum Gasteiger partial charge on any atom is -0.400 e. The second kappa shape index (κ2) is 19.4. The van der Waals surface area contributed by atoms with E-state index >= 15 is 0 Å². The summed E-state index contributed by atoms with van der Waals surface area (Å²) in [5.74, 6) is 0. The lowest BCUT2D eigenvalue weighted by Crippen LogP contribution is -2.33. The third-order valence-electron chi connectivity index (χ3n) is 1.03. The highest BCUT2D eigenvalue weighted by Crippen LogP contribution is 1.83. The highest BCUT2D eigenvalue weighted by atomic mass is 16.3. The van der Waals surface area contributed by atoms with Crippen LogP contribution in [-0.2, 0) is 0 Å². The molecule has 0 fully saturated rings. The number of aliphatic hydroxyl groups is 4. The van der Waals surface area contributed by atoms with Gasteiger partial charge >= 0.3 is 6.03 Å². The molecule has 0 heterocycles. The lowest BCUT2D eigenvalue weighted by molar-refractivity contribution is 0.110. The molecule has 0 aromatic carbocycles. The number of rotatable bonds is 1. The van der Waals surface area contributed by atoms with Gasteiger partial charge < -0.3 is 30.2 Å². The van der Waals surface area contributed by atoms with Crippen LogP contribution in [-0.4, -0.2) is 90.4 Å². The van der Waals surface area contributed by atoms with Crippen LogP contribution in [0.15, 0.2) is 0 Å². The minimum atomic E-state index is -0.560. The van der Waals surface area contributed by atoms with Crippen LogP contribution in [0, 0.1) is 0 Å². The van der Waals surface area contributed by atoms with E-state index in [9.17, 15) is 4.79 Å². The summed E-state index contributed by atoms with van der Waals surface area (Å²) in [6.45, 7) is 4.83. The fraction of sp³-hybridized carbons (Fsp3) is 0.917. The molecule has 19 heavy (non-hydrogen) atoms. The number of urea groups is 1. The van der Waals surface area contributed by atoms with Crippen molar-refractivity contribution in [1.82, 2.24) is 9.80 Å². The Bertz CT molecular complexity index is 161. The van der Waals surface area contributed by atoms with Gasteiger partial charge in [-0.1, -0.05) is 0 Å². The Kier molecular flexibility index (Phi) is 27.3. The molecule has 1 atom stereocenters. The monoisotopic (exact) mass is 284 g/mol. The zero-order chi connectivity index (χ0) is 16.6. The predicted octanol–water partition coefficient (Wildman–Crippen LogP) is -0.415. The van der Waals surface area contributed by atoms with Crippen molar-refractivity contribution in [3.8, 4) is 0 Å². The van der Waals surface area contributed by atoms with Gasteiger partial charge in [0.1, 0.15) is 0 Å². The first-order valence-corrected chi connectivity index (χ1v) is 5.86. The van der Waals surface area contributed by atoms with E-state index in [0.717, 1.165) is 7.11 Å². The number of carbonyl (C=O) groups excluding carboxylic acids is 1. The van der Waals surface area contributed by atoms with E-state index in [1.807, 2.05) is 0 Å². The summed E-state index contributed by atoms with van der Waals surface area (Å²) < 4.78 is 0. The Morgan fingerprint density at radius 3 is 1.11 bits per heavy atom. The fourth-order valence-electron chi connectivity index (χ4n) is 0.400. The average Bonchev–Trinajstić information content (AvgIpc) is 2.30. The van der Waals surface area contributed by atoms with Crippen molar-refractivity contribution in [3.63, 3.8) is 0 Å². The lowest BCUT2D eigenvalue weighted by Gasteiger charge is -2.16. The van der Waals surface area contributed by atoms with Gasteiger partial charge in [0.25, 0.3) is 0 Å². The summed E-state index contributed by atoms with van der Waals surface area (Å²) in [6.07, 6.45) is -0.727. The molecule has 0 aliphatic carbocycles. The van der Waals surface area contributed by atoms with Gasteiger partial charge in [-0.05, 0) is 20.8 Å². The molecule has 0 aliphatic rings. The lowest BCUT2D eigenvalue weighted by atomic mass is 10.5. The van der Waals surface area contributed by atoms with E-state index in [1.54, 1.807) is 42.0 Å². The van der Waals surface area contributed by atoms with Crippen LogP contribution in [0.3, 0.4) is 0 Å². The van der Waals surface area contributed by atoms with Crippen molar-refractivity contribution in [2.75, 3.05) is 41.9 Å². The van der Waals surface area contributed by atoms with Crippen LogP contribution in [0.5, 0.6) is 0 Å². The molecular formula is C12H32N2O5. The average molecular weight is 284 g/mol. The Hall–Kier alpha value is -0.890. The summed E-state index contributed by atoms with van der Waals surface area (Å²) in [5, 5.41) is 31.1. The normalized spacial score (nSPS) is 9.74. The highest BCUT2D eigenvalue weighted by Gasteiger charge is 2.02. The van der Waals surface area contributed by atoms with Crippen LogP contribution in [0.1, 0.15) is 20.8 Å². The molecule has 0 aromatic heterocycles. The molecule has 7 nitrogen and oxygen atoms in total. The number of hydrogen-bond acceptors (Lipinski definition) is 5. The van der Waals surface area contributed by atoms with Gasteiger partial charge in [-0.2, -0.15) is 0 Å². The highest BCUT2D eigenvalue weighted by molar-refractivity contribution is 5.72. The van der Waals surface area contributed by atoms with Crippen molar-refractivity contribution in [3.05, 3.63) is 0 Å². The largest absolute Gasteiger partial charge is 0.400 e. The Labute approximate surface area is 117 Å². The van der Waals surface area contributed by atoms with E-state index in [-0.39, 0.29) is 18.7 Å². The second-order valence-corrected chi connectivity index (χ2v) is 4.20. The molecular weight excluding hydrogens is 252 g/mol. The maximum atomic E-state index is 10.7. The summed E-state index contributed by atoms with van der Waals surface area (Å²) in [4.78, 5) is 13.8. The molecule has 7 heteroatoms. The van der Waals surface area contributed by atoms with Gasteiger partial charge in [-0.25, -0.2) is 4.79 Å². The van der Waals surface area contributed by atoms with Crippen molar-refractivity contribution < 1.29 is 25.2 Å². The molecule has 2 amide bonds. The Morgan fingerprint density at radius 1 is 0.947 bits per heavy atom. The molecule has 120 valence electrons. The molecule has 4 N–H and O–H groups in total. The summed E-state index contributed by atoms with van der Waals surface area (Å²) in [6, 6.07) is 0.0185. The van der Waals surface area contributed by atoms with E-state index in [2.05, 4.69) is 0 Å². The van der Waals surface area contributed by atoms with Gasteiger partial charge in [0.15, 0.2) is 0 Å². The van der Waals surface area contributed by atoms with Crippen molar-refractivity contribution in [2.24, 2.45) is 0 Å². The van der Waals surface area contributed by atoms with Gasteiger partial charge in [0.2, 0.25) is 0 Å². The molecule has 0 aliphatic heterocycles. The number of hydrogen-bond donors (Lipinski definition) is 4. The molecule has 0 saturated heterocycles. The SMILES string of the molecule is CC(C)O.CC(O)CO.CN(C)C(=O)N(C)C.CO. The first-order valence-electron chi connectivity index (χ1n) is 5.86. The molecule has 0 radical (unpaired) electrons. The molecule has 0 saturated carbocycles. The topological polar surface area (TPSA) is 104 Å². The van der Waals surface area contributed by atoms with Crippen LogP contribution < -0.4 is 0 Å². The zero-order valence-corrected chi connectivity index (χ0v) is 13.5. The van der Waals surface area contributed by atoms with Gasteiger partial charge in [0, 0.05) is 41.4 Å². The first kappa shape index (κ1) is 26.6. The summed E-state index contributed by atoms with van der Waals surface area (Å²) in [5.41, 5.74) is 0. The van der Waals surface area contributed by atoms with E-state index in [4.69, 9.17) is 20.4 Å². The third-order valence-corrected chi connectivity index (χ3v) is 1.03. The predicted molar refractivity (Wildman–Crippen MR) is 77.0 cm³/mol. The zero-order valence-electron chi connectivity index (χ0n) is 13.5. The summed E-state index contributed by atoms with van der Waals surface area (Å²) in [7, 11) is 7.90. The van der Waals surface area contributed by atoms with Crippen LogP contribution in [0.2, 0.25) is 0 Å². The van der Waals surface area contributed by atoms with E-state index in [0.29, 0.717) is 0 Å². The Morgan fingerprint density at radius 2 is 1.11 bits per heavy atom. The van der Waals surface area contributed by atoms with Gasteiger partial charge in [0.05, 0.1) is 12.7 Å². The quantitative estimate of drug-likeness (QED) is 0.524. The second-order valence-electron chi connectivity index (χ2n) is 4.20. The molecule has 1 unspecified atom stereocenters. The molecule has 0 aromatic rings. The van der Waals surface area contributed by atoms with Crippen molar-refractivity contribution >= 4 is 6.03 Å².